The molecule has 1 aliphatic carbocycles. The number of carbonyl (C=O) groups excluding carboxylic acids is 1. The maximum Gasteiger partial charge on any atom is 0.234 e. The number of nitrogens with zero attached hydrogens (tertiary/aromatic N) is 6. The maximum absolute atomic E-state index is 15.8. The van der Waals surface area contributed by atoms with Crippen LogP contribution in [0, 0.1) is 11.7 Å². The number of amides is 1. The number of fused-ring (bicyclic) bond motifs is 3. The standard InChI is InChI=1S/C26H24FN7O2/c1-15-14-36-9-8-32(15)24-12-20(21-13-29-34(25(21)30-24)23-6-7-28-31-23)19-5-4-18(11-22(19)27)33-17-3-2-16(10-17)26(33)35/h2-7,11-13,15-17H,8-10,14H2,1H3,(H,28,31)/t15-,16?,17?/m1/s1. The van der Waals surface area contributed by atoms with Crippen molar-refractivity contribution in [2.45, 2.75) is 25.4 Å². The fraction of sp³-hybridized carbons (Fsp3) is 0.308. The summed E-state index contributed by atoms with van der Waals surface area (Å²) in [6.07, 6.45) is 8.10. The van der Waals surface area contributed by atoms with Crippen LogP contribution in [0.5, 0.6) is 0 Å². The number of nitrogens with one attached hydrogen (secondary N) is 1. The Labute approximate surface area is 206 Å². The number of benzene rings is 1. The lowest BCUT2D eigenvalue weighted by molar-refractivity contribution is -0.119. The minimum Gasteiger partial charge on any atom is -0.377 e. The summed E-state index contributed by atoms with van der Waals surface area (Å²) < 4.78 is 23.1. The molecule has 0 radical (unpaired) electrons. The van der Waals surface area contributed by atoms with Crippen molar-refractivity contribution in [3.05, 3.63) is 60.7 Å². The number of carbonyl (C=O) groups is 1. The van der Waals surface area contributed by atoms with E-state index in [0.29, 0.717) is 48.0 Å². The van der Waals surface area contributed by atoms with Gasteiger partial charge in [-0.15, -0.1) is 0 Å². The zero-order chi connectivity index (χ0) is 24.4. The Bertz CT molecular complexity index is 1510. The zero-order valence-electron chi connectivity index (χ0n) is 19.6. The van der Waals surface area contributed by atoms with E-state index in [9.17, 15) is 4.79 Å². The number of ether oxygens (including phenoxy) is 1. The fourth-order valence-corrected chi connectivity index (χ4v) is 5.55. The number of aromatic nitrogens is 5. The van der Waals surface area contributed by atoms with E-state index in [1.807, 2.05) is 30.4 Å². The minimum atomic E-state index is -0.394. The van der Waals surface area contributed by atoms with Gasteiger partial charge in [-0.3, -0.25) is 9.89 Å². The highest BCUT2D eigenvalue weighted by Crippen LogP contribution is 2.39. The Balaban J connectivity index is 1.37. The van der Waals surface area contributed by atoms with Crippen molar-refractivity contribution in [2.24, 2.45) is 5.92 Å². The molecule has 0 spiro atoms. The Morgan fingerprint density at radius 1 is 1.17 bits per heavy atom. The molecule has 7 rings (SSSR count). The van der Waals surface area contributed by atoms with E-state index < -0.39 is 5.82 Å². The van der Waals surface area contributed by atoms with E-state index in [1.54, 1.807) is 28.0 Å². The van der Waals surface area contributed by atoms with Crippen LogP contribution in [-0.2, 0) is 9.53 Å². The highest BCUT2D eigenvalue weighted by molar-refractivity contribution is 6.01. The number of pyridine rings is 1. The molecular formula is C26H24FN7O2. The summed E-state index contributed by atoms with van der Waals surface area (Å²) in [6.45, 7) is 3.97. The van der Waals surface area contributed by atoms with Crippen LogP contribution >= 0.6 is 0 Å². The summed E-state index contributed by atoms with van der Waals surface area (Å²) in [6, 6.07) is 8.90. The first-order chi connectivity index (χ1) is 17.6. The predicted molar refractivity (Wildman–Crippen MR) is 133 cm³/mol. The molecule has 0 saturated carbocycles. The molecule has 2 aliphatic heterocycles. The Kier molecular flexibility index (Phi) is 4.72. The molecule has 2 fully saturated rings. The van der Waals surface area contributed by atoms with E-state index >= 15 is 4.39 Å². The average Bonchev–Trinajstić information content (AvgIpc) is 3.68. The van der Waals surface area contributed by atoms with Crippen molar-refractivity contribution in [1.29, 1.82) is 0 Å². The monoisotopic (exact) mass is 485 g/mol. The van der Waals surface area contributed by atoms with Gasteiger partial charge < -0.3 is 14.5 Å². The second-order valence-electron chi connectivity index (χ2n) is 9.55. The van der Waals surface area contributed by atoms with Crippen molar-refractivity contribution in [2.75, 3.05) is 29.6 Å². The molecule has 3 aromatic heterocycles. The smallest absolute Gasteiger partial charge is 0.234 e. The number of hydrogen-bond donors (Lipinski definition) is 1. The van der Waals surface area contributed by atoms with Gasteiger partial charge >= 0.3 is 0 Å². The third-order valence-electron chi connectivity index (χ3n) is 7.37. The Morgan fingerprint density at radius 2 is 2.08 bits per heavy atom. The Morgan fingerprint density at radius 3 is 2.83 bits per heavy atom. The normalized spacial score (nSPS) is 23.4. The first kappa shape index (κ1) is 21.3. The van der Waals surface area contributed by atoms with E-state index in [2.05, 4.69) is 27.1 Å². The molecule has 1 N–H and O–H groups in total. The number of anilines is 2. The molecule has 5 heterocycles. The topological polar surface area (TPSA) is 92.2 Å². The van der Waals surface area contributed by atoms with Gasteiger partial charge in [0.2, 0.25) is 5.91 Å². The van der Waals surface area contributed by atoms with Crippen molar-refractivity contribution < 1.29 is 13.9 Å². The molecule has 3 atom stereocenters. The molecule has 10 heteroatoms. The molecule has 1 amide bonds. The van der Waals surface area contributed by atoms with Gasteiger partial charge in [0, 0.05) is 34.8 Å². The van der Waals surface area contributed by atoms with Crippen molar-refractivity contribution in [1.82, 2.24) is 25.0 Å². The summed E-state index contributed by atoms with van der Waals surface area (Å²) in [5, 5.41) is 12.2. The SMILES string of the molecule is C[C@@H]1COCCN1c1cc(-c2ccc(N3C(=O)C4C=CC3C4)cc2F)c2cnn(-c3ccn[nH]3)c2n1. The van der Waals surface area contributed by atoms with Crippen LogP contribution in [0.4, 0.5) is 15.9 Å². The molecule has 2 saturated heterocycles. The fourth-order valence-electron chi connectivity index (χ4n) is 5.55. The van der Waals surface area contributed by atoms with E-state index in [1.165, 1.54) is 6.07 Å². The molecule has 1 aromatic carbocycles. The van der Waals surface area contributed by atoms with Crippen molar-refractivity contribution in [3.8, 4) is 16.9 Å². The van der Waals surface area contributed by atoms with Crippen molar-refractivity contribution in [3.63, 3.8) is 0 Å². The third kappa shape index (κ3) is 3.17. The lowest BCUT2D eigenvalue weighted by Gasteiger charge is -2.34. The highest BCUT2D eigenvalue weighted by atomic mass is 19.1. The summed E-state index contributed by atoms with van der Waals surface area (Å²) >= 11 is 0. The van der Waals surface area contributed by atoms with Gasteiger partial charge in [-0.05, 0) is 37.6 Å². The number of morpholine rings is 1. The van der Waals surface area contributed by atoms with Crippen LogP contribution in [0.2, 0.25) is 0 Å². The average molecular weight is 486 g/mol. The van der Waals surface area contributed by atoms with Crippen LogP contribution < -0.4 is 9.80 Å². The molecule has 2 unspecified atom stereocenters. The highest BCUT2D eigenvalue weighted by Gasteiger charge is 2.41. The van der Waals surface area contributed by atoms with E-state index in [0.717, 1.165) is 17.6 Å². The number of aromatic amines is 1. The third-order valence-corrected chi connectivity index (χ3v) is 7.37. The van der Waals surface area contributed by atoms with Crippen LogP contribution in [0.25, 0.3) is 28.0 Å². The molecule has 4 aromatic rings. The lowest BCUT2D eigenvalue weighted by Crippen LogP contribution is -2.44. The van der Waals surface area contributed by atoms with E-state index in [4.69, 9.17) is 9.72 Å². The van der Waals surface area contributed by atoms with Gasteiger partial charge in [0.1, 0.15) is 11.6 Å². The minimum absolute atomic E-state index is 0.00225. The number of H-pyrrole nitrogens is 1. The molecule has 9 nitrogen and oxygen atoms in total. The van der Waals surface area contributed by atoms with Gasteiger partial charge in [0.25, 0.3) is 0 Å². The first-order valence-electron chi connectivity index (χ1n) is 12.1. The van der Waals surface area contributed by atoms with Gasteiger partial charge in [-0.25, -0.2) is 9.37 Å². The summed E-state index contributed by atoms with van der Waals surface area (Å²) in [7, 11) is 0. The second kappa shape index (κ2) is 7.99. The first-order valence-corrected chi connectivity index (χ1v) is 12.1. The summed E-state index contributed by atoms with van der Waals surface area (Å²) in [5.74, 6) is 0.946. The van der Waals surface area contributed by atoms with Gasteiger partial charge in [0.15, 0.2) is 11.5 Å². The molecule has 3 aliphatic rings. The lowest BCUT2D eigenvalue weighted by atomic mass is 10.0. The van der Waals surface area contributed by atoms with Gasteiger partial charge in [-0.2, -0.15) is 14.9 Å². The molecule has 182 valence electrons. The summed E-state index contributed by atoms with van der Waals surface area (Å²) in [5.41, 5.74) is 2.31. The molecule has 36 heavy (non-hydrogen) atoms. The Hall–Kier alpha value is -4.05. The van der Waals surface area contributed by atoms with Crippen LogP contribution in [0.15, 0.2) is 54.9 Å². The zero-order valence-corrected chi connectivity index (χ0v) is 19.6. The number of halogens is 1. The largest absolute Gasteiger partial charge is 0.377 e. The second-order valence-corrected chi connectivity index (χ2v) is 9.55. The molecule has 2 bridgehead atoms. The van der Waals surface area contributed by atoms with Crippen LogP contribution in [0.1, 0.15) is 13.3 Å². The molecular weight excluding hydrogens is 461 g/mol. The van der Waals surface area contributed by atoms with Gasteiger partial charge in [-0.1, -0.05) is 12.2 Å². The number of rotatable bonds is 4. The summed E-state index contributed by atoms with van der Waals surface area (Å²) in [4.78, 5) is 21.5. The van der Waals surface area contributed by atoms with Crippen LogP contribution in [-0.4, -0.2) is 62.7 Å². The predicted octanol–water partition coefficient (Wildman–Crippen LogP) is 3.47. The van der Waals surface area contributed by atoms with Crippen molar-refractivity contribution >= 4 is 28.4 Å². The van der Waals surface area contributed by atoms with Crippen LogP contribution in [0.3, 0.4) is 0 Å². The quantitative estimate of drug-likeness (QED) is 0.445. The van der Waals surface area contributed by atoms with E-state index in [-0.39, 0.29) is 23.9 Å². The number of hydrogen-bond acceptors (Lipinski definition) is 6. The van der Waals surface area contributed by atoms with Gasteiger partial charge in [0.05, 0.1) is 43.6 Å². The maximum atomic E-state index is 15.8.